The summed E-state index contributed by atoms with van der Waals surface area (Å²) in [7, 11) is 2.17. The van der Waals surface area contributed by atoms with Crippen LogP contribution < -0.4 is 9.47 Å². The van der Waals surface area contributed by atoms with Crippen molar-refractivity contribution in [1.29, 1.82) is 0 Å². The molecular weight excluding hydrogens is 306 g/mol. The Morgan fingerprint density at radius 2 is 1.88 bits per heavy atom. The fraction of sp³-hybridized carbons (Fsp3) is 0.227. The highest BCUT2D eigenvalue weighted by atomic mass is 15.2. The highest BCUT2D eigenvalue weighted by Crippen LogP contribution is 2.40. The van der Waals surface area contributed by atoms with E-state index in [1.807, 2.05) is 0 Å². The predicted octanol–water partition coefficient (Wildman–Crippen LogP) is 4.75. The van der Waals surface area contributed by atoms with E-state index >= 15 is 0 Å². The summed E-state index contributed by atoms with van der Waals surface area (Å²) < 4.78 is 4.53. The summed E-state index contributed by atoms with van der Waals surface area (Å²) in [4.78, 5) is 2.33. The van der Waals surface area contributed by atoms with Crippen LogP contribution in [0.2, 0.25) is 0 Å². The number of para-hydroxylation sites is 1. The molecular formula is C22H21N3. The van der Waals surface area contributed by atoms with Gasteiger partial charge in [-0.25, -0.2) is 0 Å². The lowest BCUT2D eigenvalue weighted by atomic mass is 10.0. The Hall–Kier alpha value is -2.81. The largest absolute Gasteiger partial charge is 0.353 e. The summed E-state index contributed by atoms with van der Waals surface area (Å²) in [6, 6.07) is 19.6. The van der Waals surface area contributed by atoms with E-state index in [4.69, 9.17) is 0 Å². The van der Waals surface area contributed by atoms with E-state index in [0.29, 0.717) is 0 Å². The second kappa shape index (κ2) is 5.35. The number of aryl methyl sites for hydroxylation is 1. The number of nitrogens with zero attached hydrogens (tertiary/aromatic N) is 3. The summed E-state index contributed by atoms with van der Waals surface area (Å²) in [5, 5.41) is 2.56. The Balaban J connectivity index is 1.86. The first kappa shape index (κ1) is 14.5. The van der Waals surface area contributed by atoms with Crippen LogP contribution in [0.1, 0.15) is 19.8 Å². The van der Waals surface area contributed by atoms with E-state index in [0.717, 1.165) is 6.54 Å². The van der Waals surface area contributed by atoms with Crippen molar-refractivity contribution in [2.45, 2.75) is 26.3 Å². The van der Waals surface area contributed by atoms with E-state index in [2.05, 4.69) is 88.9 Å². The standard InChI is InChI=1S/C22H21N3/c1-3-4-14-24-15-25-20-13-12-16-8-5-6-9-17(16)21(20)23(2)18-10-7-11-19(24)22(18)25/h5-13H,3-4,14H2,1-2H3. The first-order chi connectivity index (χ1) is 12.3. The van der Waals surface area contributed by atoms with Crippen molar-refractivity contribution < 1.29 is 4.57 Å². The van der Waals surface area contributed by atoms with Gasteiger partial charge in [-0.1, -0.05) is 61.9 Å². The van der Waals surface area contributed by atoms with Crippen molar-refractivity contribution >= 4 is 33.2 Å². The van der Waals surface area contributed by atoms with E-state index in [-0.39, 0.29) is 0 Å². The summed E-state index contributed by atoms with van der Waals surface area (Å²) in [5.74, 6) is 0. The Morgan fingerprint density at radius 3 is 2.76 bits per heavy atom. The number of hydrogen-bond donors (Lipinski definition) is 0. The molecule has 0 saturated carbocycles. The fourth-order valence-electron chi connectivity index (χ4n) is 4.02. The Kier molecular flexibility index (Phi) is 3.11. The lowest BCUT2D eigenvalue weighted by Gasteiger charge is -2.31. The van der Waals surface area contributed by atoms with E-state index in [1.54, 1.807) is 0 Å². The van der Waals surface area contributed by atoms with Gasteiger partial charge >= 0.3 is 0 Å². The molecule has 0 atom stereocenters. The van der Waals surface area contributed by atoms with E-state index in [1.165, 1.54) is 51.7 Å². The summed E-state index contributed by atoms with van der Waals surface area (Å²) in [6.45, 7) is 3.24. The number of unbranched alkanes of at least 4 members (excludes halogenated alkanes) is 1. The number of anilines is 2. The number of benzene rings is 3. The highest BCUT2D eigenvalue weighted by molar-refractivity contribution is 6.03. The van der Waals surface area contributed by atoms with Crippen LogP contribution in [0.3, 0.4) is 0 Å². The highest BCUT2D eigenvalue weighted by Gasteiger charge is 2.24. The number of rotatable bonds is 3. The van der Waals surface area contributed by atoms with Gasteiger partial charge in [0.05, 0.1) is 29.0 Å². The molecule has 0 spiro atoms. The topological polar surface area (TPSA) is 12.0 Å². The van der Waals surface area contributed by atoms with E-state index < -0.39 is 0 Å². The third-order valence-electron chi connectivity index (χ3n) is 5.28. The minimum absolute atomic E-state index is 1.01. The van der Waals surface area contributed by atoms with Gasteiger partial charge in [0, 0.05) is 12.7 Å². The summed E-state index contributed by atoms with van der Waals surface area (Å²) in [5.41, 5.74) is 6.22. The first-order valence-corrected chi connectivity index (χ1v) is 9.02. The second-order valence-electron chi connectivity index (χ2n) is 6.80. The first-order valence-electron chi connectivity index (χ1n) is 9.02. The van der Waals surface area contributed by atoms with Gasteiger partial charge < -0.3 is 14.0 Å². The van der Waals surface area contributed by atoms with Gasteiger partial charge in [-0.3, -0.25) is 0 Å². The zero-order chi connectivity index (χ0) is 17.0. The smallest absolute Gasteiger partial charge is 0.244 e. The number of hydrogen-bond acceptors (Lipinski definition) is 1. The molecule has 0 aliphatic carbocycles. The third-order valence-corrected chi connectivity index (χ3v) is 5.28. The predicted molar refractivity (Wildman–Crippen MR) is 103 cm³/mol. The third kappa shape index (κ3) is 1.95. The van der Waals surface area contributed by atoms with Crippen LogP contribution in [0.15, 0.2) is 54.6 Å². The van der Waals surface area contributed by atoms with Crippen LogP contribution in [0.5, 0.6) is 0 Å². The normalized spacial score (nSPS) is 12.8. The van der Waals surface area contributed by atoms with Crippen molar-refractivity contribution in [2.24, 2.45) is 0 Å². The second-order valence-corrected chi connectivity index (χ2v) is 6.80. The molecule has 1 aliphatic heterocycles. The fourth-order valence-corrected chi connectivity index (χ4v) is 4.02. The van der Waals surface area contributed by atoms with Crippen LogP contribution in [-0.4, -0.2) is 11.6 Å². The van der Waals surface area contributed by atoms with Crippen molar-refractivity contribution in [1.82, 2.24) is 4.57 Å². The number of imidazole rings is 1. The summed E-state index contributed by atoms with van der Waals surface area (Å²) in [6.07, 6.45) is 5.97. The molecule has 0 saturated heterocycles. The molecule has 0 radical (unpaired) electrons. The molecule has 4 aromatic rings. The minimum Gasteiger partial charge on any atom is -0.353 e. The molecule has 1 aromatic heterocycles. The molecule has 1 aliphatic rings. The molecule has 5 rings (SSSR count). The maximum absolute atomic E-state index is 3.61. The SMILES string of the molecule is CCCCn1[c-][n+]2c3c(cccc31)N(C)c1c-2ccc2ccccc12. The molecule has 2 heterocycles. The Morgan fingerprint density at radius 1 is 1.00 bits per heavy atom. The Bertz CT molecular complexity index is 1110. The van der Waals surface area contributed by atoms with Gasteiger partial charge in [-0.2, -0.15) is 0 Å². The van der Waals surface area contributed by atoms with Crippen molar-refractivity contribution in [3.05, 3.63) is 60.9 Å². The minimum atomic E-state index is 1.01. The maximum Gasteiger partial charge on any atom is 0.244 e. The molecule has 0 unspecified atom stereocenters. The zero-order valence-electron chi connectivity index (χ0n) is 14.7. The molecule has 0 bridgehead atoms. The average Bonchev–Trinajstić information content (AvgIpc) is 3.03. The van der Waals surface area contributed by atoms with Crippen molar-refractivity contribution in [3.8, 4) is 5.69 Å². The summed E-state index contributed by atoms with van der Waals surface area (Å²) >= 11 is 0. The molecule has 0 fully saturated rings. The van der Waals surface area contributed by atoms with Crippen LogP contribution in [0.25, 0.3) is 27.5 Å². The number of fused-ring (bicyclic) bond motifs is 4. The van der Waals surface area contributed by atoms with Crippen molar-refractivity contribution in [3.63, 3.8) is 0 Å². The molecule has 3 aromatic carbocycles. The van der Waals surface area contributed by atoms with Crippen LogP contribution in [0, 0.1) is 6.33 Å². The quantitative estimate of drug-likeness (QED) is 0.390. The van der Waals surface area contributed by atoms with Gasteiger partial charge in [-0.05, 0) is 23.3 Å². The molecule has 0 amide bonds. The van der Waals surface area contributed by atoms with Crippen LogP contribution in [0.4, 0.5) is 11.4 Å². The Labute approximate surface area is 147 Å². The average molecular weight is 327 g/mol. The monoisotopic (exact) mass is 327 g/mol. The molecule has 3 heteroatoms. The zero-order valence-corrected chi connectivity index (χ0v) is 14.7. The van der Waals surface area contributed by atoms with Gasteiger partial charge in [0.15, 0.2) is 0 Å². The van der Waals surface area contributed by atoms with Gasteiger partial charge in [-0.15, -0.1) is 0 Å². The lowest BCUT2D eigenvalue weighted by molar-refractivity contribution is -0.572. The molecule has 25 heavy (non-hydrogen) atoms. The molecule has 0 N–H and O–H groups in total. The van der Waals surface area contributed by atoms with Gasteiger partial charge in [0.2, 0.25) is 6.33 Å². The maximum atomic E-state index is 3.61. The van der Waals surface area contributed by atoms with Gasteiger partial charge in [0.25, 0.3) is 0 Å². The lowest BCUT2D eigenvalue weighted by Crippen LogP contribution is -2.36. The van der Waals surface area contributed by atoms with Crippen molar-refractivity contribution in [2.75, 3.05) is 11.9 Å². The molecule has 3 nitrogen and oxygen atoms in total. The van der Waals surface area contributed by atoms with E-state index in [9.17, 15) is 0 Å². The molecule has 124 valence electrons. The van der Waals surface area contributed by atoms with Gasteiger partial charge in [0.1, 0.15) is 0 Å². The van der Waals surface area contributed by atoms with Crippen LogP contribution in [-0.2, 0) is 6.54 Å². The van der Waals surface area contributed by atoms with Crippen LogP contribution >= 0.6 is 0 Å². The number of aromatic nitrogens is 2.